The average Bonchev–Trinajstić information content (AvgIpc) is 2.39. The summed E-state index contributed by atoms with van der Waals surface area (Å²) in [5.41, 5.74) is 4.31. The number of halogens is 3. The molecule has 0 aliphatic rings. The molecule has 0 saturated carbocycles. The van der Waals surface area contributed by atoms with E-state index in [2.05, 4.69) is 4.74 Å². The molecule has 1 rings (SSSR count). The van der Waals surface area contributed by atoms with Crippen molar-refractivity contribution in [1.29, 1.82) is 0 Å². The van der Waals surface area contributed by atoms with Gasteiger partial charge in [0.25, 0.3) is 0 Å². The van der Waals surface area contributed by atoms with E-state index in [1.165, 1.54) is 6.07 Å². The number of carbonyl (C=O) groups excluding carboxylic acids is 2. The molecule has 5 nitrogen and oxygen atoms in total. The van der Waals surface area contributed by atoms with Gasteiger partial charge in [0.1, 0.15) is 6.42 Å². The van der Waals surface area contributed by atoms with Crippen LogP contribution in [0.1, 0.15) is 24.5 Å². The number of rotatable bonds is 6. The van der Waals surface area contributed by atoms with Crippen molar-refractivity contribution >= 4 is 17.6 Å². The lowest BCUT2D eigenvalue weighted by molar-refractivity contribution is -0.154. The number of ether oxygens (including phenoxy) is 2. The SMILES string of the molecule is CCOC(=O)CC(=O)OCCc1ccc(N)c(C(F)(F)F)c1. The van der Waals surface area contributed by atoms with Crippen molar-refractivity contribution in [3.8, 4) is 0 Å². The highest BCUT2D eigenvalue weighted by Gasteiger charge is 2.33. The van der Waals surface area contributed by atoms with Gasteiger partial charge in [-0.05, 0) is 24.6 Å². The van der Waals surface area contributed by atoms with Crippen LogP contribution in [0.25, 0.3) is 0 Å². The number of esters is 2. The van der Waals surface area contributed by atoms with E-state index in [4.69, 9.17) is 10.5 Å². The summed E-state index contributed by atoms with van der Waals surface area (Å²) in [4.78, 5) is 22.3. The minimum atomic E-state index is -4.54. The zero-order valence-electron chi connectivity index (χ0n) is 11.9. The number of benzene rings is 1. The standard InChI is InChI=1S/C14H16F3NO4/c1-2-21-12(19)8-13(20)22-6-5-9-3-4-11(18)10(7-9)14(15,16)17/h3-4,7H,2,5-6,8,18H2,1H3. The highest BCUT2D eigenvalue weighted by molar-refractivity contribution is 5.91. The van der Waals surface area contributed by atoms with Crippen molar-refractivity contribution < 1.29 is 32.2 Å². The molecule has 0 aliphatic carbocycles. The summed E-state index contributed by atoms with van der Waals surface area (Å²) in [6, 6.07) is 3.48. The van der Waals surface area contributed by atoms with E-state index in [-0.39, 0.29) is 25.3 Å². The van der Waals surface area contributed by atoms with Crippen LogP contribution >= 0.6 is 0 Å². The Morgan fingerprint density at radius 3 is 2.41 bits per heavy atom. The number of nitrogen functional groups attached to an aromatic ring is 1. The van der Waals surface area contributed by atoms with Gasteiger partial charge in [0, 0.05) is 12.1 Å². The number of carbonyl (C=O) groups is 2. The average molecular weight is 319 g/mol. The summed E-state index contributed by atoms with van der Waals surface area (Å²) >= 11 is 0. The summed E-state index contributed by atoms with van der Waals surface area (Å²) < 4.78 is 47.4. The molecule has 2 N–H and O–H groups in total. The lowest BCUT2D eigenvalue weighted by atomic mass is 10.1. The van der Waals surface area contributed by atoms with Gasteiger partial charge in [-0.3, -0.25) is 9.59 Å². The Balaban J connectivity index is 2.52. The molecule has 0 atom stereocenters. The summed E-state index contributed by atoms with van der Waals surface area (Å²) in [5, 5.41) is 0. The number of alkyl halides is 3. The predicted molar refractivity (Wildman–Crippen MR) is 71.8 cm³/mol. The maximum Gasteiger partial charge on any atom is 0.418 e. The van der Waals surface area contributed by atoms with Crippen molar-refractivity contribution in [2.45, 2.75) is 25.9 Å². The van der Waals surface area contributed by atoms with Crippen LogP contribution in [0.4, 0.5) is 18.9 Å². The van der Waals surface area contributed by atoms with Crippen LogP contribution in [-0.4, -0.2) is 25.2 Å². The van der Waals surface area contributed by atoms with Crippen molar-refractivity contribution in [2.24, 2.45) is 0 Å². The van der Waals surface area contributed by atoms with Gasteiger partial charge in [-0.25, -0.2) is 0 Å². The Morgan fingerprint density at radius 2 is 1.82 bits per heavy atom. The first-order valence-electron chi connectivity index (χ1n) is 6.51. The van der Waals surface area contributed by atoms with Crippen LogP contribution in [0.2, 0.25) is 0 Å². The molecular weight excluding hydrogens is 303 g/mol. The molecule has 1 aromatic carbocycles. The van der Waals surface area contributed by atoms with Gasteiger partial charge in [0.2, 0.25) is 0 Å². The van der Waals surface area contributed by atoms with Gasteiger partial charge < -0.3 is 15.2 Å². The van der Waals surface area contributed by atoms with Crippen LogP contribution in [0.5, 0.6) is 0 Å². The molecule has 8 heteroatoms. The molecule has 0 aliphatic heterocycles. The fourth-order valence-corrected chi connectivity index (χ4v) is 1.67. The number of hydrogen-bond acceptors (Lipinski definition) is 5. The van der Waals surface area contributed by atoms with E-state index < -0.39 is 30.1 Å². The Bertz CT molecular complexity index is 543. The second kappa shape index (κ2) is 7.67. The number of hydrogen-bond donors (Lipinski definition) is 1. The zero-order valence-corrected chi connectivity index (χ0v) is 11.9. The second-order valence-electron chi connectivity index (χ2n) is 4.37. The fourth-order valence-electron chi connectivity index (χ4n) is 1.67. The quantitative estimate of drug-likeness (QED) is 0.494. The smallest absolute Gasteiger partial charge is 0.418 e. The van der Waals surface area contributed by atoms with Gasteiger partial charge in [-0.1, -0.05) is 6.07 Å². The van der Waals surface area contributed by atoms with Crippen LogP contribution in [0.15, 0.2) is 18.2 Å². The van der Waals surface area contributed by atoms with E-state index in [9.17, 15) is 22.8 Å². The molecule has 0 unspecified atom stereocenters. The highest BCUT2D eigenvalue weighted by Crippen LogP contribution is 2.34. The molecule has 0 fully saturated rings. The molecule has 0 aromatic heterocycles. The van der Waals surface area contributed by atoms with Gasteiger partial charge >= 0.3 is 18.1 Å². The summed E-state index contributed by atoms with van der Waals surface area (Å²) in [7, 11) is 0. The van der Waals surface area contributed by atoms with E-state index in [0.29, 0.717) is 5.56 Å². The third-order valence-corrected chi connectivity index (χ3v) is 2.67. The van der Waals surface area contributed by atoms with Crippen LogP contribution < -0.4 is 5.73 Å². The largest absolute Gasteiger partial charge is 0.466 e. The van der Waals surface area contributed by atoms with Crippen molar-refractivity contribution in [2.75, 3.05) is 18.9 Å². The van der Waals surface area contributed by atoms with Crippen molar-refractivity contribution in [3.05, 3.63) is 29.3 Å². The van der Waals surface area contributed by atoms with E-state index in [1.54, 1.807) is 6.92 Å². The van der Waals surface area contributed by atoms with E-state index in [0.717, 1.165) is 12.1 Å². The first-order chi connectivity index (χ1) is 10.2. The molecule has 0 radical (unpaired) electrons. The fraction of sp³-hybridized carbons (Fsp3) is 0.429. The van der Waals surface area contributed by atoms with Crippen LogP contribution in [-0.2, 0) is 31.7 Å². The summed E-state index contributed by atoms with van der Waals surface area (Å²) in [6.07, 6.45) is -4.98. The molecule has 0 heterocycles. The summed E-state index contributed by atoms with van der Waals surface area (Å²) in [5.74, 6) is -1.50. The topological polar surface area (TPSA) is 78.6 Å². The van der Waals surface area contributed by atoms with Gasteiger partial charge in [0.05, 0.1) is 18.8 Å². The van der Waals surface area contributed by atoms with Crippen molar-refractivity contribution in [3.63, 3.8) is 0 Å². The first kappa shape index (κ1) is 17.8. The molecular formula is C14H16F3NO4. The van der Waals surface area contributed by atoms with E-state index >= 15 is 0 Å². The minimum absolute atomic E-state index is 0.0813. The Hall–Kier alpha value is -2.25. The molecule has 0 spiro atoms. The third-order valence-electron chi connectivity index (χ3n) is 2.67. The molecule has 0 bridgehead atoms. The third kappa shape index (κ3) is 5.63. The van der Waals surface area contributed by atoms with Crippen molar-refractivity contribution in [1.82, 2.24) is 0 Å². The Morgan fingerprint density at radius 1 is 1.18 bits per heavy atom. The normalized spacial score (nSPS) is 11.1. The van der Waals surface area contributed by atoms with Crippen LogP contribution in [0.3, 0.4) is 0 Å². The Labute approximate surface area is 125 Å². The first-order valence-corrected chi connectivity index (χ1v) is 6.51. The summed E-state index contributed by atoms with van der Waals surface area (Å²) in [6.45, 7) is 1.61. The van der Waals surface area contributed by atoms with Gasteiger partial charge in [-0.2, -0.15) is 13.2 Å². The second-order valence-corrected chi connectivity index (χ2v) is 4.37. The van der Waals surface area contributed by atoms with Gasteiger partial charge in [0.15, 0.2) is 0 Å². The Kier molecular flexibility index (Phi) is 6.21. The molecule has 22 heavy (non-hydrogen) atoms. The maximum atomic E-state index is 12.7. The number of nitrogens with two attached hydrogens (primary N) is 1. The minimum Gasteiger partial charge on any atom is -0.466 e. The zero-order chi connectivity index (χ0) is 16.8. The number of anilines is 1. The molecule has 0 saturated heterocycles. The lowest BCUT2D eigenvalue weighted by Gasteiger charge is -2.12. The maximum absolute atomic E-state index is 12.7. The molecule has 0 amide bonds. The van der Waals surface area contributed by atoms with Gasteiger partial charge in [-0.15, -0.1) is 0 Å². The van der Waals surface area contributed by atoms with E-state index in [1.807, 2.05) is 0 Å². The molecule has 1 aromatic rings. The predicted octanol–water partition coefficient (Wildman–Crippen LogP) is 2.33. The highest BCUT2D eigenvalue weighted by atomic mass is 19.4. The monoisotopic (exact) mass is 319 g/mol. The lowest BCUT2D eigenvalue weighted by Crippen LogP contribution is -2.15. The van der Waals surface area contributed by atoms with Crippen LogP contribution in [0, 0.1) is 0 Å². The molecule has 122 valence electrons.